The lowest BCUT2D eigenvalue weighted by molar-refractivity contribution is -0.900. The van der Waals surface area contributed by atoms with Gasteiger partial charge in [-0.3, -0.25) is 0 Å². The van der Waals surface area contributed by atoms with Crippen LogP contribution in [0.4, 0.5) is 5.69 Å². The molecule has 0 spiro atoms. The van der Waals surface area contributed by atoms with Crippen molar-refractivity contribution < 1.29 is 19.1 Å². The van der Waals surface area contributed by atoms with E-state index in [1.807, 2.05) is 36.4 Å². The quantitative estimate of drug-likeness (QED) is 0.732. The first-order valence-electron chi connectivity index (χ1n) is 9.28. The van der Waals surface area contributed by atoms with Crippen LogP contribution in [0.5, 0.6) is 17.2 Å². The highest BCUT2D eigenvalue weighted by molar-refractivity contribution is 5.58. The van der Waals surface area contributed by atoms with Crippen molar-refractivity contribution in [3.05, 3.63) is 48.5 Å². The van der Waals surface area contributed by atoms with Gasteiger partial charge in [0.15, 0.2) is 0 Å². The van der Waals surface area contributed by atoms with Crippen LogP contribution in [0, 0.1) is 0 Å². The van der Waals surface area contributed by atoms with E-state index in [4.69, 9.17) is 14.2 Å². The van der Waals surface area contributed by atoms with Crippen LogP contribution >= 0.6 is 0 Å². The first kappa shape index (κ1) is 18.4. The third-order valence-corrected chi connectivity index (χ3v) is 4.90. The maximum atomic E-state index is 5.82. The van der Waals surface area contributed by atoms with Crippen LogP contribution in [0.1, 0.15) is 6.42 Å². The van der Waals surface area contributed by atoms with Gasteiger partial charge in [0.2, 0.25) is 0 Å². The van der Waals surface area contributed by atoms with Gasteiger partial charge in [-0.1, -0.05) is 12.1 Å². The number of hydrogen-bond acceptors (Lipinski definition) is 4. The van der Waals surface area contributed by atoms with Crippen molar-refractivity contribution in [3.63, 3.8) is 0 Å². The van der Waals surface area contributed by atoms with Gasteiger partial charge in [-0.05, 0) is 36.4 Å². The molecule has 1 aliphatic rings. The van der Waals surface area contributed by atoms with E-state index in [0.717, 1.165) is 63.0 Å². The van der Waals surface area contributed by atoms with Crippen molar-refractivity contribution in [2.75, 3.05) is 58.5 Å². The number of para-hydroxylation sites is 2. The number of rotatable bonds is 8. The fraction of sp³-hybridized carbons (Fsp3) is 0.429. The Bertz CT molecular complexity index is 667. The number of methoxy groups -OCH3 is 2. The van der Waals surface area contributed by atoms with E-state index in [0.29, 0.717) is 0 Å². The molecule has 1 fully saturated rings. The first-order valence-corrected chi connectivity index (χ1v) is 9.28. The molecule has 0 radical (unpaired) electrons. The van der Waals surface area contributed by atoms with E-state index in [2.05, 4.69) is 17.0 Å². The number of piperazine rings is 1. The fourth-order valence-corrected chi connectivity index (χ4v) is 3.39. The minimum absolute atomic E-state index is 0.756. The summed E-state index contributed by atoms with van der Waals surface area (Å²) in [5.41, 5.74) is 1.21. The molecule has 0 amide bonds. The molecule has 0 aromatic heterocycles. The second kappa shape index (κ2) is 9.34. The number of quaternary nitrogens is 1. The lowest BCUT2D eigenvalue weighted by atomic mass is 10.2. The Morgan fingerprint density at radius 2 is 1.58 bits per heavy atom. The Kier molecular flexibility index (Phi) is 6.61. The average Bonchev–Trinajstić information content (AvgIpc) is 2.72. The minimum atomic E-state index is 0.756. The summed E-state index contributed by atoms with van der Waals surface area (Å²) < 4.78 is 16.5. The smallest absolute Gasteiger partial charge is 0.142 e. The standard InChI is InChI=1S/C21H28N2O3/c1-24-18-8-10-19(11-9-18)26-17-5-12-22-13-15-23(16-14-22)20-6-3-4-7-21(20)25-2/h3-4,6-11H,5,12-17H2,1-2H3/p+1. The number of nitrogens with one attached hydrogen (secondary N) is 1. The highest BCUT2D eigenvalue weighted by Gasteiger charge is 2.21. The van der Waals surface area contributed by atoms with Crippen molar-refractivity contribution in [2.45, 2.75) is 6.42 Å². The summed E-state index contributed by atoms with van der Waals surface area (Å²) in [6, 6.07) is 16.0. The molecule has 1 aliphatic heterocycles. The average molecular weight is 357 g/mol. The molecule has 0 saturated carbocycles. The van der Waals surface area contributed by atoms with Crippen LogP contribution < -0.4 is 24.0 Å². The molecule has 2 aromatic carbocycles. The molecular formula is C21H29N2O3+. The largest absolute Gasteiger partial charge is 0.497 e. The molecule has 3 rings (SSSR count). The van der Waals surface area contributed by atoms with Gasteiger partial charge < -0.3 is 24.0 Å². The van der Waals surface area contributed by atoms with Crippen LogP contribution in [0.3, 0.4) is 0 Å². The lowest BCUT2D eigenvalue weighted by Gasteiger charge is -2.34. The van der Waals surface area contributed by atoms with Crippen molar-refractivity contribution in [3.8, 4) is 17.2 Å². The third kappa shape index (κ3) is 4.82. The summed E-state index contributed by atoms with van der Waals surface area (Å²) in [5.74, 6) is 2.72. The summed E-state index contributed by atoms with van der Waals surface area (Å²) in [6.07, 6.45) is 1.07. The molecule has 1 heterocycles. The monoisotopic (exact) mass is 357 g/mol. The zero-order valence-corrected chi connectivity index (χ0v) is 15.7. The van der Waals surface area contributed by atoms with Gasteiger partial charge >= 0.3 is 0 Å². The normalized spacial score (nSPS) is 14.9. The van der Waals surface area contributed by atoms with Gasteiger partial charge in [0, 0.05) is 6.42 Å². The molecule has 0 unspecified atom stereocenters. The van der Waals surface area contributed by atoms with E-state index in [1.165, 1.54) is 5.69 Å². The second-order valence-corrected chi connectivity index (χ2v) is 6.54. The van der Waals surface area contributed by atoms with Crippen molar-refractivity contribution in [1.29, 1.82) is 0 Å². The van der Waals surface area contributed by atoms with Gasteiger partial charge in [-0.15, -0.1) is 0 Å². The van der Waals surface area contributed by atoms with Gasteiger partial charge in [0.1, 0.15) is 17.2 Å². The van der Waals surface area contributed by atoms with Gasteiger partial charge in [0.05, 0.1) is 59.2 Å². The highest BCUT2D eigenvalue weighted by atomic mass is 16.5. The summed E-state index contributed by atoms with van der Waals surface area (Å²) in [4.78, 5) is 4.07. The Morgan fingerprint density at radius 1 is 0.885 bits per heavy atom. The number of ether oxygens (including phenoxy) is 3. The van der Waals surface area contributed by atoms with Crippen LogP contribution in [0.25, 0.3) is 0 Å². The number of anilines is 1. The molecule has 5 heteroatoms. The topological polar surface area (TPSA) is 35.4 Å². The van der Waals surface area contributed by atoms with E-state index in [9.17, 15) is 0 Å². The van der Waals surface area contributed by atoms with Crippen LogP contribution in [-0.4, -0.2) is 53.6 Å². The molecule has 0 bridgehead atoms. The van der Waals surface area contributed by atoms with E-state index >= 15 is 0 Å². The highest BCUT2D eigenvalue weighted by Crippen LogP contribution is 2.27. The zero-order valence-electron chi connectivity index (χ0n) is 15.7. The van der Waals surface area contributed by atoms with E-state index < -0.39 is 0 Å². The molecular weight excluding hydrogens is 328 g/mol. The SMILES string of the molecule is COc1ccc(OCCC[NH+]2CCN(c3ccccc3OC)CC2)cc1. The molecule has 1 saturated heterocycles. The fourth-order valence-electron chi connectivity index (χ4n) is 3.39. The van der Waals surface area contributed by atoms with Gasteiger partial charge in [-0.25, -0.2) is 0 Å². The molecule has 0 atom stereocenters. The molecule has 140 valence electrons. The molecule has 0 aliphatic carbocycles. The predicted molar refractivity (Wildman–Crippen MR) is 104 cm³/mol. The summed E-state index contributed by atoms with van der Waals surface area (Å²) >= 11 is 0. The number of hydrogen-bond donors (Lipinski definition) is 1. The number of nitrogens with zero attached hydrogens (tertiary/aromatic N) is 1. The molecule has 26 heavy (non-hydrogen) atoms. The van der Waals surface area contributed by atoms with Crippen LogP contribution in [0.2, 0.25) is 0 Å². The molecule has 2 aromatic rings. The summed E-state index contributed by atoms with van der Waals surface area (Å²) in [6.45, 7) is 6.34. The van der Waals surface area contributed by atoms with Gasteiger partial charge in [0.25, 0.3) is 0 Å². The van der Waals surface area contributed by atoms with E-state index in [1.54, 1.807) is 19.1 Å². The predicted octanol–water partition coefficient (Wildman–Crippen LogP) is 1.88. The van der Waals surface area contributed by atoms with Gasteiger partial charge in [-0.2, -0.15) is 0 Å². The third-order valence-electron chi connectivity index (χ3n) is 4.90. The zero-order chi connectivity index (χ0) is 18.2. The summed E-state index contributed by atoms with van der Waals surface area (Å²) in [7, 11) is 3.41. The van der Waals surface area contributed by atoms with Crippen molar-refractivity contribution in [2.24, 2.45) is 0 Å². The van der Waals surface area contributed by atoms with Crippen LogP contribution in [0.15, 0.2) is 48.5 Å². The maximum absolute atomic E-state index is 5.82. The minimum Gasteiger partial charge on any atom is -0.497 e. The summed E-state index contributed by atoms with van der Waals surface area (Å²) in [5, 5.41) is 0. The molecule has 1 N–H and O–H groups in total. The van der Waals surface area contributed by atoms with Crippen molar-refractivity contribution >= 4 is 5.69 Å². The Labute approximate surface area is 156 Å². The lowest BCUT2D eigenvalue weighted by Crippen LogP contribution is -3.14. The van der Waals surface area contributed by atoms with Crippen LogP contribution in [-0.2, 0) is 0 Å². The molecule has 5 nitrogen and oxygen atoms in total. The first-order chi connectivity index (χ1) is 12.8. The van der Waals surface area contributed by atoms with E-state index in [-0.39, 0.29) is 0 Å². The Hall–Kier alpha value is -2.40. The maximum Gasteiger partial charge on any atom is 0.142 e. The Balaban J connectivity index is 1.37. The Morgan fingerprint density at radius 3 is 2.27 bits per heavy atom. The second-order valence-electron chi connectivity index (χ2n) is 6.54. The number of benzene rings is 2. The van der Waals surface area contributed by atoms with Crippen molar-refractivity contribution in [1.82, 2.24) is 0 Å².